The third-order valence-electron chi connectivity index (χ3n) is 4.28. The topological polar surface area (TPSA) is 70.2 Å². The molecule has 128 valence electrons. The van der Waals surface area contributed by atoms with Crippen LogP contribution in [0.5, 0.6) is 0 Å². The van der Waals surface area contributed by atoms with Crippen molar-refractivity contribution in [3.8, 4) is 0 Å². The van der Waals surface area contributed by atoms with E-state index in [4.69, 9.17) is 16.3 Å². The quantitative estimate of drug-likeness (QED) is 0.755. The van der Waals surface area contributed by atoms with Crippen LogP contribution in [-0.4, -0.2) is 42.4 Å². The lowest BCUT2D eigenvalue weighted by molar-refractivity contribution is 0.102. The molecule has 4 rings (SSSR count). The summed E-state index contributed by atoms with van der Waals surface area (Å²) in [5.41, 5.74) is 2.78. The molecule has 0 saturated carbocycles. The number of H-pyrrole nitrogens is 1. The van der Waals surface area contributed by atoms with E-state index in [1.807, 2.05) is 30.3 Å². The number of carbonyl (C=O) groups excluding carboxylic acids is 1. The van der Waals surface area contributed by atoms with Crippen LogP contribution in [0.1, 0.15) is 10.4 Å². The Balaban J connectivity index is 1.67. The first kappa shape index (κ1) is 15.9. The molecule has 7 heteroatoms. The average molecular weight is 357 g/mol. The zero-order chi connectivity index (χ0) is 17.2. The Morgan fingerprint density at radius 3 is 2.84 bits per heavy atom. The Kier molecular flexibility index (Phi) is 4.29. The van der Waals surface area contributed by atoms with E-state index in [-0.39, 0.29) is 5.91 Å². The summed E-state index contributed by atoms with van der Waals surface area (Å²) in [7, 11) is 0. The fourth-order valence-corrected chi connectivity index (χ4v) is 3.37. The fourth-order valence-electron chi connectivity index (χ4n) is 3.07. The van der Waals surface area contributed by atoms with Crippen LogP contribution in [0.2, 0.25) is 5.02 Å². The Labute approximate surface area is 149 Å². The predicted octanol–water partition coefficient (Wildman–Crippen LogP) is 3.31. The van der Waals surface area contributed by atoms with Gasteiger partial charge in [-0.2, -0.15) is 5.10 Å². The van der Waals surface area contributed by atoms with Crippen LogP contribution in [-0.2, 0) is 4.74 Å². The van der Waals surface area contributed by atoms with Crippen LogP contribution in [0.25, 0.3) is 10.9 Å². The normalized spacial score (nSPS) is 14.7. The van der Waals surface area contributed by atoms with Crippen molar-refractivity contribution < 1.29 is 9.53 Å². The van der Waals surface area contributed by atoms with E-state index in [0.717, 1.165) is 29.7 Å². The second kappa shape index (κ2) is 6.74. The molecule has 0 aliphatic carbocycles. The third-order valence-corrected chi connectivity index (χ3v) is 4.59. The van der Waals surface area contributed by atoms with Gasteiger partial charge in [0.25, 0.3) is 5.91 Å². The Morgan fingerprint density at radius 2 is 2.00 bits per heavy atom. The molecule has 6 nitrogen and oxygen atoms in total. The van der Waals surface area contributed by atoms with Crippen molar-refractivity contribution in [1.29, 1.82) is 0 Å². The molecule has 0 bridgehead atoms. The van der Waals surface area contributed by atoms with E-state index in [9.17, 15) is 4.79 Å². The van der Waals surface area contributed by atoms with Crippen molar-refractivity contribution in [2.45, 2.75) is 0 Å². The second-order valence-corrected chi connectivity index (χ2v) is 6.24. The van der Waals surface area contributed by atoms with E-state index in [2.05, 4.69) is 20.4 Å². The number of amides is 1. The Bertz CT molecular complexity index is 918. The molecule has 1 aliphatic rings. The van der Waals surface area contributed by atoms with Gasteiger partial charge in [-0.1, -0.05) is 29.8 Å². The highest BCUT2D eigenvalue weighted by atomic mass is 35.5. The first-order chi connectivity index (χ1) is 12.2. The largest absolute Gasteiger partial charge is 0.378 e. The van der Waals surface area contributed by atoms with E-state index in [1.165, 1.54) is 0 Å². The van der Waals surface area contributed by atoms with Crippen LogP contribution in [0.4, 0.5) is 11.4 Å². The van der Waals surface area contributed by atoms with Gasteiger partial charge in [0, 0.05) is 18.5 Å². The Morgan fingerprint density at radius 1 is 1.20 bits per heavy atom. The number of ether oxygens (including phenoxy) is 1. The maximum atomic E-state index is 12.8. The number of aromatic amines is 1. The summed E-state index contributed by atoms with van der Waals surface area (Å²) in [6.07, 6.45) is 1.70. The first-order valence-electron chi connectivity index (χ1n) is 8.09. The molecule has 0 unspecified atom stereocenters. The van der Waals surface area contributed by atoms with Gasteiger partial charge < -0.3 is 15.0 Å². The van der Waals surface area contributed by atoms with Gasteiger partial charge in [-0.15, -0.1) is 0 Å². The lowest BCUT2D eigenvalue weighted by Crippen LogP contribution is -2.37. The number of para-hydroxylation sites is 2. The lowest BCUT2D eigenvalue weighted by atomic mass is 10.1. The monoisotopic (exact) mass is 356 g/mol. The number of benzene rings is 2. The van der Waals surface area contributed by atoms with E-state index >= 15 is 0 Å². The maximum Gasteiger partial charge on any atom is 0.257 e. The highest BCUT2D eigenvalue weighted by Crippen LogP contribution is 2.35. The number of morpholine rings is 1. The summed E-state index contributed by atoms with van der Waals surface area (Å²) in [6, 6.07) is 11.1. The minimum absolute atomic E-state index is 0.202. The maximum absolute atomic E-state index is 12.8. The van der Waals surface area contributed by atoms with Crippen LogP contribution in [0, 0.1) is 0 Å². The summed E-state index contributed by atoms with van der Waals surface area (Å²) >= 11 is 6.42. The Hall–Kier alpha value is -2.57. The van der Waals surface area contributed by atoms with E-state index in [0.29, 0.717) is 29.5 Å². The second-order valence-electron chi connectivity index (χ2n) is 5.83. The number of halogens is 1. The SMILES string of the molecule is O=C(Nc1cccc(Cl)c1N1CCOCC1)c1cccc2cn[nH]c12. The van der Waals surface area contributed by atoms with E-state index < -0.39 is 0 Å². The molecular weight excluding hydrogens is 340 g/mol. The smallest absolute Gasteiger partial charge is 0.257 e. The molecule has 2 N–H and O–H groups in total. The van der Waals surface area contributed by atoms with Gasteiger partial charge in [0.1, 0.15) is 0 Å². The minimum Gasteiger partial charge on any atom is -0.378 e. The summed E-state index contributed by atoms with van der Waals surface area (Å²) in [4.78, 5) is 15.0. The molecule has 25 heavy (non-hydrogen) atoms. The first-order valence-corrected chi connectivity index (χ1v) is 8.46. The molecule has 1 fully saturated rings. The number of nitrogens with zero attached hydrogens (tertiary/aromatic N) is 2. The molecule has 1 saturated heterocycles. The van der Waals surface area contributed by atoms with Gasteiger partial charge in [-0.25, -0.2) is 0 Å². The molecule has 0 radical (unpaired) electrons. The highest BCUT2D eigenvalue weighted by Gasteiger charge is 2.20. The number of aromatic nitrogens is 2. The summed E-state index contributed by atoms with van der Waals surface area (Å²) in [5, 5.41) is 11.4. The molecule has 2 heterocycles. The number of anilines is 2. The van der Waals surface area contributed by atoms with Crippen LogP contribution >= 0.6 is 11.6 Å². The number of fused-ring (bicyclic) bond motifs is 1. The van der Waals surface area contributed by atoms with Gasteiger partial charge in [-0.3, -0.25) is 9.89 Å². The standard InChI is InChI=1S/C18H17ClN4O2/c19-14-5-2-6-15(17(14)23-7-9-25-10-8-23)21-18(24)13-4-1-3-12-11-20-22-16(12)13/h1-6,11H,7-10H2,(H,20,22)(H,21,24). The third kappa shape index (κ3) is 3.06. The van der Waals surface area contributed by atoms with E-state index in [1.54, 1.807) is 12.3 Å². The van der Waals surface area contributed by atoms with Crippen LogP contribution < -0.4 is 10.2 Å². The molecule has 1 aromatic heterocycles. The lowest BCUT2D eigenvalue weighted by Gasteiger charge is -2.31. The molecule has 0 spiro atoms. The average Bonchev–Trinajstić information content (AvgIpc) is 3.11. The summed E-state index contributed by atoms with van der Waals surface area (Å²) in [5.74, 6) is -0.202. The van der Waals surface area contributed by atoms with Crippen molar-refractivity contribution in [3.63, 3.8) is 0 Å². The van der Waals surface area contributed by atoms with Crippen molar-refractivity contribution in [1.82, 2.24) is 10.2 Å². The van der Waals surface area contributed by atoms with Crippen LogP contribution in [0.15, 0.2) is 42.6 Å². The van der Waals surface area contributed by atoms with Crippen molar-refractivity contribution in [2.24, 2.45) is 0 Å². The molecule has 0 atom stereocenters. The van der Waals surface area contributed by atoms with Gasteiger partial charge in [0.2, 0.25) is 0 Å². The molecular formula is C18H17ClN4O2. The minimum atomic E-state index is -0.202. The predicted molar refractivity (Wildman–Crippen MR) is 98.5 cm³/mol. The number of rotatable bonds is 3. The van der Waals surface area contributed by atoms with Crippen molar-refractivity contribution in [2.75, 3.05) is 36.5 Å². The number of nitrogens with one attached hydrogen (secondary N) is 2. The van der Waals surface area contributed by atoms with Gasteiger partial charge in [0.05, 0.1) is 46.9 Å². The van der Waals surface area contributed by atoms with Gasteiger partial charge >= 0.3 is 0 Å². The molecule has 3 aromatic rings. The van der Waals surface area contributed by atoms with Crippen molar-refractivity contribution in [3.05, 3.63) is 53.2 Å². The van der Waals surface area contributed by atoms with Gasteiger partial charge in [0.15, 0.2) is 0 Å². The van der Waals surface area contributed by atoms with Crippen molar-refractivity contribution >= 4 is 39.8 Å². The number of hydrogen-bond donors (Lipinski definition) is 2. The summed E-state index contributed by atoms with van der Waals surface area (Å²) in [6.45, 7) is 2.77. The number of carbonyl (C=O) groups is 1. The zero-order valence-corrected chi connectivity index (χ0v) is 14.2. The van der Waals surface area contributed by atoms with Crippen LogP contribution in [0.3, 0.4) is 0 Å². The fraction of sp³-hybridized carbons (Fsp3) is 0.222. The number of hydrogen-bond acceptors (Lipinski definition) is 4. The zero-order valence-electron chi connectivity index (χ0n) is 13.5. The molecule has 2 aromatic carbocycles. The summed E-state index contributed by atoms with van der Waals surface area (Å²) < 4.78 is 5.41. The van der Waals surface area contributed by atoms with Gasteiger partial charge in [-0.05, 0) is 18.2 Å². The molecule has 1 aliphatic heterocycles. The highest BCUT2D eigenvalue weighted by molar-refractivity contribution is 6.34. The molecule has 1 amide bonds.